The lowest BCUT2D eigenvalue weighted by Gasteiger charge is -2.35. The van der Waals surface area contributed by atoms with Crippen molar-refractivity contribution in [2.75, 3.05) is 19.8 Å². The summed E-state index contributed by atoms with van der Waals surface area (Å²) in [6.07, 6.45) is 4.26. The fourth-order valence-electron chi connectivity index (χ4n) is 2.24. The number of carbonyl (C=O) groups is 1. The van der Waals surface area contributed by atoms with Gasteiger partial charge in [-0.1, -0.05) is 13.3 Å². The number of nitrogens with zero attached hydrogens (tertiary/aromatic N) is 1. The molecule has 0 aliphatic heterocycles. The smallest absolute Gasteiger partial charge is 0.305 e. The van der Waals surface area contributed by atoms with Crippen LogP contribution in [0.2, 0.25) is 0 Å². The first-order valence-electron chi connectivity index (χ1n) is 8.93. The van der Waals surface area contributed by atoms with E-state index in [-0.39, 0.29) is 5.97 Å². The normalized spacial score (nSPS) is 13.1. The highest BCUT2D eigenvalue weighted by Crippen LogP contribution is 2.46. The van der Waals surface area contributed by atoms with Crippen molar-refractivity contribution in [3.8, 4) is 0 Å². The zero-order chi connectivity index (χ0) is 17.7. The van der Waals surface area contributed by atoms with Gasteiger partial charge < -0.3 is 13.8 Å². The van der Waals surface area contributed by atoms with Crippen LogP contribution in [0.4, 0.5) is 0 Å². The Balaban J connectivity index is 4.12. The molecule has 5 nitrogen and oxygen atoms in total. The molecule has 0 rings (SSSR count). The summed E-state index contributed by atoms with van der Waals surface area (Å²) < 4.78 is 19.2. The van der Waals surface area contributed by atoms with Crippen molar-refractivity contribution < 1.29 is 18.6 Å². The van der Waals surface area contributed by atoms with Gasteiger partial charge in [0.15, 0.2) is 0 Å². The molecule has 6 heteroatoms. The lowest BCUT2D eigenvalue weighted by Crippen LogP contribution is -2.33. The highest BCUT2D eigenvalue weighted by Gasteiger charge is 2.26. The van der Waals surface area contributed by atoms with Gasteiger partial charge in [-0.25, -0.2) is 4.67 Å². The molecule has 1 atom stereocenters. The second-order valence-electron chi connectivity index (χ2n) is 6.09. The Bertz CT molecular complexity index is 292. The number of unbranched alkanes of at least 4 members (excludes halogenated alkanes) is 2. The Morgan fingerprint density at radius 1 is 0.957 bits per heavy atom. The minimum atomic E-state index is -1.01. The minimum Gasteiger partial charge on any atom is -0.466 e. The van der Waals surface area contributed by atoms with Crippen LogP contribution in [0.25, 0.3) is 0 Å². The average molecular weight is 349 g/mol. The van der Waals surface area contributed by atoms with Crippen LogP contribution in [-0.2, 0) is 18.6 Å². The summed E-state index contributed by atoms with van der Waals surface area (Å²) in [4.78, 5) is 11.3. The second-order valence-corrected chi connectivity index (χ2v) is 7.54. The Labute approximate surface area is 144 Å². The van der Waals surface area contributed by atoms with E-state index in [9.17, 15) is 4.79 Å². The summed E-state index contributed by atoms with van der Waals surface area (Å²) in [6, 6.07) is 0.781. The maximum Gasteiger partial charge on any atom is 0.305 e. The molecule has 0 saturated heterocycles. The third-order valence-electron chi connectivity index (χ3n) is 3.18. The van der Waals surface area contributed by atoms with Gasteiger partial charge in [-0.3, -0.25) is 4.79 Å². The van der Waals surface area contributed by atoms with Gasteiger partial charge in [0.05, 0.1) is 19.8 Å². The average Bonchev–Trinajstić information content (AvgIpc) is 2.47. The summed E-state index contributed by atoms with van der Waals surface area (Å²) in [7, 11) is -1.01. The van der Waals surface area contributed by atoms with E-state index in [1.165, 1.54) is 0 Å². The van der Waals surface area contributed by atoms with Gasteiger partial charge in [-0.05, 0) is 53.9 Å². The summed E-state index contributed by atoms with van der Waals surface area (Å²) in [5.74, 6) is -0.104. The summed E-state index contributed by atoms with van der Waals surface area (Å²) in [6.45, 7) is 14.5. The standard InChI is InChI=1S/C17H36NO4P/c1-7-13-21-23(18(15(3)4)16(5)6)22-14-11-9-10-12-17(19)20-8-2/h15-16H,7-14H2,1-6H3. The monoisotopic (exact) mass is 349 g/mol. The van der Waals surface area contributed by atoms with Gasteiger partial charge in [0, 0.05) is 18.5 Å². The molecule has 0 saturated carbocycles. The first-order chi connectivity index (χ1) is 10.9. The molecule has 0 amide bonds. The Hall–Kier alpha value is -0.220. The molecule has 0 N–H and O–H groups in total. The number of hydrogen-bond acceptors (Lipinski definition) is 5. The van der Waals surface area contributed by atoms with E-state index in [1.54, 1.807) is 0 Å². The molecule has 0 fully saturated rings. The molecule has 0 radical (unpaired) electrons. The molecule has 1 unspecified atom stereocenters. The van der Waals surface area contributed by atoms with Crippen LogP contribution in [0, 0.1) is 0 Å². The van der Waals surface area contributed by atoms with Crippen molar-refractivity contribution in [1.29, 1.82) is 0 Å². The molecular formula is C17H36NO4P. The van der Waals surface area contributed by atoms with E-state index >= 15 is 0 Å². The van der Waals surface area contributed by atoms with E-state index in [4.69, 9.17) is 13.8 Å². The van der Waals surface area contributed by atoms with Gasteiger partial charge in [-0.2, -0.15) is 0 Å². The third-order valence-corrected chi connectivity index (χ3v) is 5.29. The molecule has 138 valence electrons. The van der Waals surface area contributed by atoms with E-state index in [2.05, 4.69) is 39.3 Å². The van der Waals surface area contributed by atoms with Crippen molar-refractivity contribution in [2.24, 2.45) is 0 Å². The molecule has 0 aromatic carbocycles. The van der Waals surface area contributed by atoms with Gasteiger partial charge in [0.2, 0.25) is 0 Å². The topological polar surface area (TPSA) is 48.0 Å². The number of hydrogen-bond donors (Lipinski definition) is 0. The lowest BCUT2D eigenvalue weighted by atomic mass is 10.2. The van der Waals surface area contributed by atoms with Gasteiger partial charge >= 0.3 is 5.97 Å². The lowest BCUT2D eigenvalue weighted by molar-refractivity contribution is -0.143. The molecule has 0 aromatic heterocycles. The third kappa shape index (κ3) is 11.0. The van der Waals surface area contributed by atoms with Gasteiger partial charge in [0.1, 0.15) is 0 Å². The first-order valence-corrected chi connectivity index (χ1v) is 10.1. The number of ether oxygens (including phenoxy) is 1. The Kier molecular flexibility index (Phi) is 14.0. The molecular weight excluding hydrogens is 313 g/mol. The van der Waals surface area contributed by atoms with Gasteiger partial charge in [0.25, 0.3) is 8.53 Å². The van der Waals surface area contributed by atoms with Crippen LogP contribution >= 0.6 is 8.53 Å². The van der Waals surface area contributed by atoms with E-state index in [0.29, 0.717) is 31.7 Å². The van der Waals surface area contributed by atoms with Crippen molar-refractivity contribution in [2.45, 2.75) is 85.7 Å². The fraction of sp³-hybridized carbons (Fsp3) is 0.941. The Morgan fingerprint density at radius 2 is 1.57 bits per heavy atom. The minimum absolute atomic E-state index is 0.104. The summed E-state index contributed by atoms with van der Waals surface area (Å²) in [5.41, 5.74) is 0. The van der Waals surface area contributed by atoms with E-state index in [1.807, 2.05) is 6.92 Å². The predicted octanol–water partition coefficient (Wildman–Crippen LogP) is 4.90. The maximum absolute atomic E-state index is 11.3. The van der Waals surface area contributed by atoms with Crippen LogP contribution in [0.15, 0.2) is 0 Å². The quantitative estimate of drug-likeness (QED) is 0.254. The SMILES string of the molecule is CCCOP(OCCCCCC(=O)OCC)N(C(C)C)C(C)C. The largest absolute Gasteiger partial charge is 0.466 e. The fourth-order valence-corrected chi connectivity index (χ4v) is 3.96. The second kappa shape index (κ2) is 14.2. The van der Waals surface area contributed by atoms with E-state index < -0.39 is 8.53 Å². The zero-order valence-corrected chi connectivity index (χ0v) is 16.7. The maximum atomic E-state index is 11.3. The molecule has 0 aliphatic carbocycles. The Morgan fingerprint density at radius 3 is 2.09 bits per heavy atom. The number of esters is 1. The van der Waals surface area contributed by atoms with Crippen molar-refractivity contribution in [1.82, 2.24) is 4.67 Å². The van der Waals surface area contributed by atoms with Crippen LogP contribution in [-0.4, -0.2) is 42.5 Å². The first kappa shape index (κ1) is 22.8. The van der Waals surface area contributed by atoms with Crippen LogP contribution in [0.5, 0.6) is 0 Å². The van der Waals surface area contributed by atoms with Gasteiger partial charge in [-0.15, -0.1) is 0 Å². The molecule has 23 heavy (non-hydrogen) atoms. The summed E-state index contributed by atoms with van der Waals surface area (Å²) in [5, 5.41) is 0. The number of carbonyl (C=O) groups excluding carboxylic acids is 1. The van der Waals surface area contributed by atoms with Crippen molar-refractivity contribution in [3.05, 3.63) is 0 Å². The zero-order valence-electron chi connectivity index (χ0n) is 15.8. The predicted molar refractivity (Wildman–Crippen MR) is 96.3 cm³/mol. The molecule has 0 spiro atoms. The molecule has 0 aliphatic rings. The van der Waals surface area contributed by atoms with Crippen molar-refractivity contribution >= 4 is 14.5 Å². The van der Waals surface area contributed by atoms with E-state index in [0.717, 1.165) is 32.3 Å². The highest BCUT2D eigenvalue weighted by molar-refractivity contribution is 7.44. The van der Waals surface area contributed by atoms with Crippen molar-refractivity contribution in [3.63, 3.8) is 0 Å². The molecule has 0 heterocycles. The highest BCUT2D eigenvalue weighted by atomic mass is 31.2. The molecule has 0 aromatic rings. The number of rotatable bonds is 14. The van der Waals surface area contributed by atoms with Crippen LogP contribution in [0.3, 0.4) is 0 Å². The summed E-state index contributed by atoms with van der Waals surface area (Å²) >= 11 is 0. The van der Waals surface area contributed by atoms with Crippen LogP contribution < -0.4 is 0 Å². The molecule has 0 bridgehead atoms. The van der Waals surface area contributed by atoms with Crippen LogP contribution in [0.1, 0.15) is 73.6 Å².